The molecule has 9 nitrogen and oxygen atoms in total. The van der Waals surface area contributed by atoms with Gasteiger partial charge in [-0.1, -0.05) is 153 Å². The zero-order valence-corrected chi connectivity index (χ0v) is 30.3. The molecular formula is C45H40N8O. The van der Waals surface area contributed by atoms with Crippen LogP contribution in [-0.2, 0) is 18.5 Å². The predicted molar refractivity (Wildman–Crippen MR) is 210 cm³/mol. The minimum atomic E-state index is -0.823. The van der Waals surface area contributed by atoms with E-state index in [4.69, 9.17) is 10.2 Å². The molecule has 0 spiro atoms. The number of aromatic nitrogens is 8. The monoisotopic (exact) mass is 708 g/mol. The van der Waals surface area contributed by atoms with Crippen molar-refractivity contribution in [1.82, 2.24) is 34.9 Å². The lowest BCUT2D eigenvalue weighted by Gasteiger charge is -2.36. The molecule has 3 aromatic heterocycles. The molecule has 0 saturated carbocycles. The van der Waals surface area contributed by atoms with Crippen LogP contribution in [0.25, 0.3) is 33.9 Å². The van der Waals surface area contributed by atoms with E-state index in [0.29, 0.717) is 34.3 Å². The number of imidazole rings is 1. The zero-order chi connectivity index (χ0) is 36.9. The highest BCUT2D eigenvalue weighted by atomic mass is 16.5. The number of rotatable bonds is 12. The Bertz CT molecular complexity index is 2360. The van der Waals surface area contributed by atoms with E-state index in [1.54, 1.807) is 13.0 Å². The van der Waals surface area contributed by atoms with Crippen molar-refractivity contribution in [3.8, 4) is 33.9 Å². The second kappa shape index (κ2) is 15.1. The van der Waals surface area contributed by atoms with Crippen molar-refractivity contribution in [3.63, 3.8) is 0 Å². The Balaban J connectivity index is 1.10. The van der Waals surface area contributed by atoms with Crippen molar-refractivity contribution < 1.29 is 4.85 Å². The molecule has 8 rings (SSSR count). The third kappa shape index (κ3) is 6.56. The van der Waals surface area contributed by atoms with Crippen LogP contribution in [0.5, 0.6) is 0 Å². The van der Waals surface area contributed by atoms with Crippen LogP contribution in [0.2, 0.25) is 0 Å². The predicted octanol–water partition coefficient (Wildman–Crippen LogP) is 8.44. The molecule has 3 heterocycles. The minimum absolute atomic E-state index is 0.454. The largest absolute Gasteiger partial charge is 0.594 e. The second-order valence-corrected chi connectivity index (χ2v) is 13.5. The molecule has 266 valence electrons. The maximum Gasteiger partial charge on any atom is 0.271 e. The van der Waals surface area contributed by atoms with E-state index in [1.807, 2.05) is 35.1 Å². The van der Waals surface area contributed by atoms with Gasteiger partial charge < -0.3 is 9.77 Å². The molecule has 0 atom stereocenters. The van der Waals surface area contributed by atoms with Crippen LogP contribution in [0.4, 0.5) is 0 Å². The summed E-state index contributed by atoms with van der Waals surface area (Å²) in [6.45, 7) is 4.63. The number of unbranched alkanes of at least 4 members (excludes halogenated alkanes) is 1. The number of hydrogen-bond acceptors (Lipinski definition) is 6. The molecule has 0 bridgehead atoms. The first-order chi connectivity index (χ1) is 26.5. The normalized spacial score (nSPS) is 11.5. The molecule has 9 heteroatoms. The summed E-state index contributed by atoms with van der Waals surface area (Å²) in [6, 6.07) is 51.9. The molecule has 0 aliphatic rings. The van der Waals surface area contributed by atoms with Gasteiger partial charge in [0.2, 0.25) is 0 Å². The Kier molecular flexibility index (Phi) is 9.60. The van der Waals surface area contributed by atoms with E-state index < -0.39 is 5.54 Å². The summed E-state index contributed by atoms with van der Waals surface area (Å²) >= 11 is 0. The van der Waals surface area contributed by atoms with Crippen molar-refractivity contribution in [2.45, 2.75) is 45.2 Å². The molecule has 0 unspecified atom stereocenters. The van der Waals surface area contributed by atoms with Crippen molar-refractivity contribution >= 4 is 0 Å². The average molecular weight is 709 g/mol. The summed E-state index contributed by atoms with van der Waals surface area (Å²) < 4.78 is 4.11. The van der Waals surface area contributed by atoms with Crippen molar-refractivity contribution in [3.05, 3.63) is 197 Å². The maximum absolute atomic E-state index is 12.6. The number of benzene rings is 5. The first-order valence-electron chi connectivity index (χ1n) is 18.3. The SMILES string of the molecule is CCCCc1nc(-c2ccc(C)n[n+]2[O-])cn1Cc1ccc(-c2ccc(-c3nnnn3C(c3ccccc3)(c3ccccc3)c3ccccc3)cc2)cc1. The molecule has 0 radical (unpaired) electrons. The highest BCUT2D eigenvalue weighted by molar-refractivity contribution is 5.68. The topological polar surface area (TPSA) is 101 Å². The molecular weight excluding hydrogens is 669 g/mol. The van der Waals surface area contributed by atoms with Gasteiger partial charge in [-0.3, -0.25) is 0 Å². The Labute approximate surface area is 314 Å². The fraction of sp³-hybridized carbons (Fsp3) is 0.156. The second-order valence-electron chi connectivity index (χ2n) is 13.5. The Morgan fingerprint density at radius 2 is 1.22 bits per heavy atom. The van der Waals surface area contributed by atoms with E-state index in [2.05, 4.69) is 148 Å². The Morgan fingerprint density at radius 1 is 0.667 bits per heavy atom. The molecule has 0 saturated heterocycles. The summed E-state index contributed by atoms with van der Waals surface area (Å²) in [6.07, 6.45) is 4.89. The highest BCUT2D eigenvalue weighted by Gasteiger charge is 2.41. The van der Waals surface area contributed by atoms with Crippen molar-refractivity contribution in [2.75, 3.05) is 0 Å². The van der Waals surface area contributed by atoms with Gasteiger partial charge in [0.15, 0.2) is 11.5 Å². The van der Waals surface area contributed by atoms with Crippen LogP contribution in [0.3, 0.4) is 0 Å². The van der Waals surface area contributed by atoms with E-state index in [9.17, 15) is 5.21 Å². The first-order valence-corrected chi connectivity index (χ1v) is 18.3. The molecule has 0 N–H and O–H groups in total. The van der Waals surface area contributed by atoms with Gasteiger partial charge in [0.1, 0.15) is 17.1 Å². The number of hydrogen-bond donors (Lipinski definition) is 0. The molecule has 5 aromatic carbocycles. The van der Waals surface area contributed by atoms with Crippen LogP contribution in [0, 0.1) is 12.1 Å². The Hall–Kier alpha value is -6.74. The van der Waals surface area contributed by atoms with Crippen LogP contribution in [-0.4, -0.2) is 34.9 Å². The van der Waals surface area contributed by atoms with E-state index in [-0.39, 0.29) is 0 Å². The average Bonchev–Trinajstić information content (AvgIpc) is 3.87. The van der Waals surface area contributed by atoms with Crippen LogP contribution in [0.15, 0.2) is 158 Å². The highest BCUT2D eigenvalue weighted by Crippen LogP contribution is 2.42. The van der Waals surface area contributed by atoms with Gasteiger partial charge in [-0.15, -0.1) is 5.10 Å². The minimum Gasteiger partial charge on any atom is -0.594 e. The third-order valence-corrected chi connectivity index (χ3v) is 9.96. The lowest BCUT2D eigenvalue weighted by atomic mass is 9.77. The standard InChI is InChI=1S/C45H40N8O/c1-3-4-20-43-46-41(42-30-21-33(2)48-53(42)54)32-51(43)31-34-22-24-35(25-23-34)36-26-28-37(29-27-36)44-47-49-50-52(44)45(38-14-8-5-9-15-38,39-16-10-6-11-17-39)40-18-12-7-13-19-40/h5-19,21-30,32H,3-4,20,31H2,1-2H3. The van der Waals surface area contributed by atoms with E-state index >= 15 is 0 Å². The van der Waals surface area contributed by atoms with Gasteiger partial charge >= 0.3 is 0 Å². The molecule has 0 amide bonds. The summed E-state index contributed by atoms with van der Waals surface area (Å²) in [7, 11) is 0. The van der Waals surface area contributed by atoms with Gasteiger partial charge in [0, 0.05) is 35.9 Å². The summed E-state index contributed by atoms with van der Waals surface area (Å²) in [5.41, 5.74) is 8.35. The lowest BCUT2D eigenvalue weighted by Crippen LogP contribution is -2.39. The molecule has 8 aromatic rings. The fourth-order valence-electron chi connectivity index (χ4n) is 7.24. The molecule has 0 aliphatic heterocycles. The summed E-state index contributed by atoms with van der Waals surface area (Å²) in [5, 5.41) is 30.2. The molecule has 0 fully saturated rings. The summed E-state index contributed by atoms with van der Waals surface area (Å²) in [5.74, 6) is 1.63. The fourth-order valence-corrected chi connectivity index (χ4v) is 7.24. The van der Waals surface area contributed by atoms with Gasteiger partial charge in [0.25, 0.3) is 5.69 Å². The van der Waals surface area contributed by atoms with Gasteiger partial charge in [-0.05, 0) is 68.1 Å². The third-order valence-electron chi connectivity index (χ3n) is 9.96. The van der Waals surface area contributed by atoms with Crippen molar-refractivity contribution in [2.24, 2.45) is 0 Å². The van der Waals surface area contributed by atoms with E-state index in [0.717, 1.165) is 64.0 Å². The van der Waals surface area contributed by atoms with Gasteiger partial charge in [0.05, 0.1) is 0 Å². The first kappa shape index (κ1) is 34.4. The van der Waals surface area contributed by atoms with Crippen LogP contribution < -0.4 is 4.85 Å². The number of tetrazole rings is 1. The smallest absolute Gasteiger partial charge is 0.271 e. The summed E-state index contributed by atoms with van der Waals surface area (Å²) in [4.78, 5) is 5.52. The van der Waals surface area contributed by atoms with Gasteiger partial charge in [-0.25, -0.2) is 9.67 Å². The quantitative estimate of drug-likeness (QED) is 0.0718. The van der Waals surface area contributed by atoms with Crippen LogP contribution in [0.1, 0.15) is 53.5 Å². The maximum atomic E-state index is 12.6. The molecule has 54 heavy (non-hydrogen) atoms. The number of aryl methyl sites for hydroxylation is 2. The van der Waals surface area contributed by atoms with Gasteiger partial charge in [-0.2, -0.15) is 0 Å². The number of nitrogens with zero attached hydrogens (tertiary/aromatic N) is 8. The van der Waals surface area contributed by atoms with E-state index in [1.165, 1.54) is 0 Å². The van der Waals surface area contributed by atoms with Crippen LogP contribution >= 0.6 is 0 Å². The molecule has 0 aliphatic carbocycles. The Morgan fingerprint density at radius 3 is 1.78 bits per heavy atom. The lowest BCUT2D eigenvalue weighted by molar-refractivity contribution is -0.658. The van der Waals surface area contributed by atoms with Crippen molar-refractivity contribution in [1.29, 1.82) is 0 Å². The zero-order valence-electron chi connectivity index (χ0n) is 30.3.